The zero-order valence-corrected chi connectivity index (χ0v) is 27.5. The standard InChI is InChI=1S/C35H48N6O6/c1-3-41-24-33(44)39(2)23-31(42)37-27(21-26-13-5-4-6-14-26)25-47-30-16-8-7-15-28(30)34(45)38-29(22-32(41)43)35(46)36-17-9-10-18-40-19-11-12-20-40/h4-8,13-16,27,29H,3,9-12,17-25H2,1-2H3,(H,36,46)(H,37,42)(H,38,45)/t27-,29+/m1/s1. The number of hydrogen-bond acceptors (Lipinski definition) is 7. The van der Waals surface area contributed by atoms with Gasteiger partial charge in [-0.2, -0.15) is 0 Å². The number of fused-ring (bicyclic) bond motifs is 1. The maximum absolute atomic E-state index is 13.6. The molecular formula is C35H48N6O6. The van der Waals surface area contributed by atoms with Gasteiger partial charge in [0.25, 0.3) is 5.91 Å². The molecular weight excluding hydrogens is 600 g/mol. The van der Waals surface area contributed by atoms with Gasteiger partial charge < -0.3 is 35.4 Å². The molecule has 5 amide bonds. The fraction of sp³-hybridized carbons (Fsp3) is 0.514. The number of nitrogens with one attached hydrogen (secondary N) is 3. The lowest BCUT2D eigenvalue weighted by atomic mass is 10.1. The number of rotatable bonds is 9. The van der Waals surface area contributed by atoms with E-state index in [9.17, 15) is 24.0 Å². The van der Waals surface area contributed by atoms with Crippen molar-refractivity contribution >= 4 is 29.5 Å². The molecule has 2 aliphatic rings. The van der Waals surface area contributed by atoms with Crippen molar-refractivity contribution in [2.24, 2.45) is 0 Å². The van der Waals surface area contributed by atoms with Gasteiger partial charge in [-0.1, -0.05) is 42.5 Å². The van der Waals surface area contributed by atoms with Crippen molar-refractivity contribution in [2.45, 2.75) is 57.5 Å². The minimum atomic E-state index is -1.17. The Labute approximate surface area is 277 Å². The maximum Gasteiger partial charge on any atom is 0.255 e. The lowest BCUT2D eigenvalue weighted by molar-refractivity contribution is -0.142. The molecule has 2 aromatic rings. The topological polar surface area (TPSA) is 140 Å². The minimum absolute atomic E-state index is 0.0476. The lowest BCUT2D eigenvalue weighted by Crippen LogP contribution is -2.51. The molecule has 0 aromatic heterocycles. The molecule has 47 heavy (non-hydrogen) atoms. The number of hydrogen-bond donors (Lipinski definition) is 3. The highest BCUT2D eigenvalue weighted by atomic mass is 16.5. The second kappa shape index (κ2) is 18.0. The molecule has 4 rings (SSSR count). The number of para-hydroxylation sites is 1. The third kappa shape index (κ3) is 11.1. The monoisotopic (exact) mass is 648 g/mol. The summed E-state index contributed by atoms with van der Waals surface area (Å²) < 4.78 is 6.11. The molecule has 0 spiro atoms. The minimum Gasteiger partial charge on any atom is -0.491 e. The van der Waals surface area contributed by atoms with Crippen LogP contribution in [0.25, 0.3) is 0 Å². The quantitative estimate of drug-likeness (QED) is 0.351. The Balaban J connectivity index is 1.53. The average molecular weight is 649 g/mol. The number of nitrogens with zero attached hydrogens (tertiary/aromatic N) is 3. The largest absolute Gasteiger partial charge is 0.491 e. The molecule has 1 fully saturated rings. The van der Waals surface area contributed by atoms with Crippen LogP contribution < -0.4 is 20.7 Å². The Bertz CT molecular complexity index is 1370. The first-order valence-corrected chi connectivity index (χ1v) is 16.6. The Hall–Kier alpha value is -4.45. The highest BCUT2D eigenvalue weighted by Crippen LogP contribution is 2.19. The van der Waals surface area contributed by atoms with Crippen molar-refractivity contribution in [3.63, 3.8) is 0 Å². The maximum atomic E-state index is 13.6. The summed E-state index contributed by atoms with van der Waals surface area (Å²) in [7, 11) is 1.51. The van der Waals surface area contributed by atoms with Gasteiger partial charge in [0.15, 0.2) is 0 Å². The Morgan fingerprint density at radius 1 is 0.915 bits per heavy atom. The first-order chi connectivity index (χ1) is 22.7. The Morgan fingerprint density at radius 3 is 2.38 bits per heavy atom. The summed E-state index contributed by atoms with van der Waals surface area (Å²) in [5.74, 6) is -2.05. The van der Waals surface area contributed by atoms with Gasteiger partial charge in [0.05, 0.1) is 31.1 Å². The van der Waals surface area contributed by atoms with E-state index in [0.717, 1.165) is 38.0 Å². The second-order valence-corrected chi connectivity index (χ2v) is 12.2. The van der Waals surface area contributed by atoms with Crippen molar-refractivity contribution < 1.29 is 28.7 Å². The van der Waals surface area contributed by atoms with E-state index in [0.29, 0.717) is 13.0 Å². The van der Waals surface area contributed by atoms with Crippen LogP contribution in [0.15, 0.2) is 54.6 Å². The van der Waals surface area contributed by atoms with E-state index in [4.69, 9.17) is 4.74 Å². The number of carbonyl (C=O) groups excluding carboxylic acids is 5. The summed E-state index contributed by atoms with van der Waals surface area (Å²) in [6.07, 6.45) is 4.27. The summed E-state index contributed by atoms with van der Waals surface area (Å²) in [5, 5.41) is 8.60. The molecule has 12 heteroatoms. The van der Waals surface area contributed by atoms with E-state index in [1.54, 1.807) is 31.2 Å². The van der Waals surface area contributed by atoms with Crippen molar-refractivity contribution in [1.29, 1.82) is 0 Å². The van der Waals surface area contributed by atoms with E-state index < -0.39 is 35.7 Å². The van der Waals surface area contributed by atoms with Gasteiger partial charge in [0.2, 0.25) is 23.6 Å². The molecule has 2 aliphatic heterocycles. The number of amides is 5. The smallest absolute Gasteiger partial charge is 0.255 e. The van der Waals surface area contributed by atoms with Crippen LogP contribution in [0, 0.1) is 0 Å². The van der Waals surface area contributed by atoms with Crippen LogP contribution in [0.1, 0.15) is 54.9 Å². The number of likely N-dealkylation sites (N-methyl/N-ethyl adjacent to an activating group) is 2. The third-order valence-corrected chi connectivity index (χ3v) is 8.53. The van der Waals surface area contributed by atoms with Crippen molar-refractivity contribution in [1.82, 2.24) is 30.7 Å². The number of unbranched alkanes of at least 4 members (excludes halogenated alkanes) is 1. The van der Waals surface area contributed by atoms with Gasteiger partial charge in [-0.15, -0.1) is 0 Å². The van der Waals surface area contributed by atoms with Gasteiger partial charge in [0, 0.05) is 20.1 Å². The summed E-state index contributed by atoms with van der Waals surface area (Å²) in [6.45, 7) is 5.12. The van der Waals surface area contributed by atoms with Crippen molar-refractivity contribution in [2.75, 3.05) is 59.5 Å². The Morgan fingerprint density at radius 2 is 1.64 bits per heavy atom. The van der Waals surface area contributed by atoms with E-state index >= 15 is 0 Å². The van der Waals surface area contributed by atoms with Crippen molar-refractivity contribution in [3.05, 3.63) is 65.7 Å². The molecule has 12 nitrogen and oxygen atoms in total. The summed E-state index contributed by atoms with van der Waals surface area (Å²) in [6, 6.07) is 14.6. The third-order valence-electron chi connectivity index (χ3n) is 8.53. The highest BCUT2D eigenvalue weighted by Gasteiger charge is 2.29. The first kappa shape index (κ1) is 35.4. The van der Waals surface area contributed by atoms with E-state index in [-0.39, 0.29) is 49.9 Å². The molecule has 1 saturated heterocycles. The zero-order valence-electron chi connectivity index (χ0n) is 27.5. The highest BCUT2D eigenvalue weighted by molar-refractivity contribution is 6.01. The Kier molecular flexibility index (Phi) is 13.6. The van der Waals surface area contributed by atoms with Crippen LogP contribution in [-0.2, 0) is 25.6 Å². The summed E-state index contributed by atoms with van der Waals surface area (Å²) in [4.78, 5) is 71.6. The molecule has 0 aliphatic carbocycles. The van der Waals surface area contributed by atoms with Crippen molar-refractivity contribution in [3.8, 4) is 5.75 Å². The van der Waals surface area contributed by atoms with Gasteiger partial charge in [0.1, 0.15) is 18.4 Å². The van der Waals surface area contributed by atoms with Gasteiger partial charge in [-0.25, -0.2) is 0 Å². The van der Waals surface area contributed by atoms with E-state index in [1.807, 2.05) is 30.3 Å². The van der Waals surface area contributed by atoms with Crippen LogP contribution in [0.4, 0.5) is 0 Å². The molecule has 0 unspecified atom stereocenters. The summed E-state index contributed by atoms with van der Waals surface area (Å²) in [5.41, 5.74) is 1.17. The number of carbonyl (C=O) groups is 5. The van der Waals surface area contributed by atoms with Gasteiger partial charge in [-0.05, 0) is 76.4 Å². The zero-order chi connectivity index (χ0) is 33.6. The lowest BCUT2D eigenvalue weighted by Gasteiger charge is -2.26. The predicted molar refractivity (Wildman–Crippen MR) is 178 cm³/mol. The fourth-order valence-electron chi connectivity index (χ4n) is 5.81. The fourth-order valence-corrected chi connectivity index (χ4v) is 5.81. The molecule has 3 N–H and O–H groups in total. The molecule has 0 radical (unpaired) electrons. The normalized spacial score (nSPS) is 20.6. The van der Waals surface area contributed by atoms with Crippen LogP contribution in [0.3, 0.4) is 0 Å². The number of benzene rings is 2. The van der Waals surface area contributed by atoms with Crippen LogP contribution in [-0.4, -0.2) is 116 Å². The van der Waals surface area contributed by atoms with Gasteiger partial charge in [-0.3, -0.25) is 24.0 Å². The second-order valence-electron chi connectivity index (χ2n) is 12.2. The molecule has 0 bridgehead atoms. The molecule has 2 heterocycles. The first-order valence-electron chi connectivity index (χ1n) is 16.6. The van der Waals surface area contributed by atoms with E-state index in [2.05, 4.69) is 20.9 Å². The number of likely N-dealkylation sites (tertiary alicyclic amines) is 1. The molecule has 0 saturated carbocycles. The van der Waals surface area contributed by atoms with Gasteiger partial charge >= 0.3 is 0 Å². The predicted octanol–water partition coefficient (Wildman–Crippen LogP) is 1.59. The molecule has 254 valence electrons. The van der Waals surface area contributed by atoms with E-state index in [1.165, 1.54) is 29.7 Å². The average Bonchev–Trinajstić information content (AvgIpc) is 3.59. The van der Waals surface area contributed by atoms with Crippen LogP contribution in [0.2, 0.25) is 0 Å². The molecule has 2 aromatic carbocycles. The van der Waals surface area contributed by atoms with Crippen LogP contribution in [0.5, 0.6) is 5.75 Å². The SMILES string of the molecule is CCN1CC(=O)N(C)CC(=O)N[C@H](Cc2ccccc2)COc2ccccc2C(=O)N[C@H](C(=O)NCCCCN2CCCC2)CC1=O. The van der Waals surface area contributed by atoms with Crippen LogP contribution >= 0.6 is 0 Å². The number of ether oxygens (including phenoxy) is 1. The summed E-state index contributed by atoms with van der Waals surface area (Å²) >= 11 is 0. The molecule has 2 atom stereocenters.